The molecular formula is C17H29NO13. The Bertz CT molecular complexity index is 635. The zero-order valence-corrected chi connectivity index (χ0v) is 16.6. The van der Waals surface area contributed by atoms with Crippen LogP contribution in [0.25, 0.3) is 0 Å². The zero-order chi connectivity index (χ0) is 23.5. The molecule has 0 aromatic carbocycles. The maximum Gasteiger partial charge on any atom is 0.364 e. The van der Waals surface area contributed by atoms with Gasteiger partial charge in [-0.1, -0.05) is 0 Å². The molecular weight excluding hydrogens is 426 g/mol. The molecule has 2 saturated heterocycles. The normalized spacial score (nSPS) is 40.7. The monoisotopic (exact) mass is 455 g/mol. The summed E-state index contributed by atoms with van der Waals surface area (Å²) in [6.45, 7) is -0.917. The Morgan fingerprint density at radius 2 is 1.84 bits per heavy atom. The molecule has 1 amide bonds. The van der Waals surface area contributed by atoms with Gasteiger partial charge in [0.1, 0.15) is 42.7 Å². The van der Waals surface area contributed by atoms with Crippen molar-refractivity contribution in [1.29, 1.82) is 0 Å². The number of ether oxygens (including phenoxy) is 3. The molecule has 14 nitrogen and oxygen atoms in total. The van der Waals surface area contributed by atoms with Gasteiger partial charge in [0.25, 0.3) is 5.79 Å². The molecule has 14 heteroatoms. The molecule has 0 saturated carbocycles. The van der Waals surface area contributed by atoms with E-state index >= 15 is 0 Å². The fraction of sp³-hybridized carbons (Fsp3) is 0.882. The van der Waals surface area contributed by atoms with Crippen LogP contribution in [-0.2, 0) is 23.8 Å². The van der Waals surface area contributed by atoms with Crippen LogP contribution in [0.15, 0.2) is 0 Å². The predicted octanol–water partition coefficient (Wildman–Crippen LogP) is -5.37. The summed E-state index contributed by atoms with van der Waals surface area (Å²) in [4.78, 5) is 23.6. The van der Waals surface area contributed by atoms with Crippen molar-refractivity contribution in [3.05, 3.63) is 0 Å². The van der Waals surface area contributed by atoms with Crippen LogP contribution in [0.5, 0.6) is 0 Å². The first-order chi connectivity index (χ1) is 14.5. The number of carboxylic acid groups (broad SMARTS) is 1. The third kappa shape index (κ3) is 5.48. The van der Waals surface area contributed by atoms with E-state index in [2.05, 4.69) is 5.32 Å². The van der Waals surface area contributed by atoms with Gasteiger partial charge >= 0.3 is 5.97 Å². The van der Waals surface area contributed by atoms with Crippen molar-refractivity contribution in [3.63, 3.8) is 0 Å². The molecule has 2 aliphatic heterocycles. The molecule has 9 unspecified atom stereocenters. The van der Waals surface area contributed by atoms with Crippen molar-refractivity contribution in [2.24, 2.45) is 0 Å². The Morgan fingerprint density at radius 3 is 2.35 bits per heavy atom. The number of hydrogen-bond acceptors (Lipinski definition) is 12. The van der Waals surface area contributed by atoms with E-state index in [1.54, 1.807) is 0 Å². The summed E-state index contributed by atoms with van der Waals surface area (Å²) in [6.07, 6.45) is -14.1. The smallest absolute Gasteiger partial charge is 0.364 e. The van der Waals surface area contributed by atoms with Crippen LogP contribution in [0.1, 0.15) is 13.3 Å². The van der Waals surface area contributed by atoms with Gasteiger partial charge in [-0.3, -0.25) is 4.79 Å². The van der Waals surface area contributed by atoms with E-state index in [1.807, 2.05) is 0 Å². The molecule has 0 bridgehead atoms. The number of hydrogen-bond donors (Lipinski definition) is 9. The maximum atomic E-state index is 12.1. The summed E-state index contributed by atoms with van der Waals surface area (Å²) >= 11 is 0. The zero-order valence-electron chi connectivity index (χ0n) is 16.6. The van der Waals surface area contributed by atoms with E-state index in [1.165, 1.54) is 0 Å². The molecule has 2 heterocycles. The Labute approximate surface area is 176 Å². The Kier molecular flexibility index (Phi) is 8.69. The number of carbonyl (C=O) groups excluding carboxylic acids is 1. The van der Waals surface area contributed by atoms with Gasteiger partial charge in [-0.15, -0.1) is 0 Å². The molecule has 2 aliphatic rings. The third-order valence-electron chi connectivity index (χ3n) is 5.27. The van der Waals surface area contributed by atoms with Crippen molar-refractivity contribution in [2.75, 3.05) is 19.8 Å². The van der Waals surface area contributed by atoms with E-state index in [0.29, 0.717) is 0 Å². The SMILES string of the molecule is CC(=O)NC1C(O)CC(OC2C(O)COC(CO)C2O)(C(=O)O)OC1C(O)[C@H](O)CO. The first-order valence-corrected chi connectivity index (χ1v) is 9.57. The van der Waals surface area contributed by atoms with Crippen LogP contribution in [0.4, 0.5) is 0 Å². The second-order valence-electron chi connectivity index (χ2n) is 7.57. The number of aliphatic carboxylic acids is 1. The van der Waals surface area contributed by atoms with Gasteiger partial charge in [0.05, 0.1) is 32.0 Å². The average molecular weight is 455 g/mol. The highest BCUT2D eigenvalue weighted by Crippen LogP contribution is 2.36. The number of carbonyl (C=O) groups is 2. The summed E-state index contributed by atoms with van der Waals surface area (Å²) in [5.74, 6) is -5.19. The van der Waals surface area contributed by atoms with Crippen molar-refractivity contribution in [1.82, 2.24) is 5.32 Å². The maximum absolute atomic E-state index is 12.1. The van der Waals surface area contributed by atoms with Gasteiger partial charge < -0.3 is 60.4 Å². The number of amides is 1. The second kappa shape index (κ2) is 10.4. The third-order valence-corrected chi connectivity index (χ3v) is 5.27. The summed E-state index contributed by atoms with van der Waals surface area (Å²) in [7, 11) is 0. The van der Waals surface area contributed by atoms with E-state index in [9.17, 15) is 45.3 Å². The van der Waals surface area contributed by atoms with Crippen molar-refractivity contribution >= 4 is 11.9 Å². The summed E-state index contributed by atoms with van der Waals surface area (Å²) in [5.41, 5.74) is 0. The number of aliphatic hydroxyl groups is 7. The number of aliphatic hydroxyl groups excluding tert-OH is 7. The first kappa shape index (κ1) is 25.8. The van der Waals surface area contributed by atoms with Gasteiger partial charge in [-0.25, -0.2) is 4.79 Å². The summed E-state index contributed by atoms with van der Waals surface area (Å²) in [5, 5.41) is 81.7. The number of carboxylic acids is 1. The molecule has 9 N–H and O–H groups in total. The van der Waals surface area contributed by atoms with Crippen molar-refractivity contribution < 1.29 is 64.7 Å². The van der Waals surface area contributed by atoms with Crippen LogP contribution in [0, 0.1) is 0 Å². The molecule has 0 radical (unpaired) electrons. The van der Waals surface area contributed by atoms with Crippen molar-refractivity contribution in [3.8, 4) is 0 Å². The van der Waals surface area contributed by atoms with Crippen LogP contribution in [0.3, 0.4) is 0 Å². The summed E-state index contributed by atoms with van der Waals surface area (Å²) < 4.78 is 15.9. The molecule has 0 aliphatic carbocycles. The highest BCUT2D eigenvalue weighted by atomic mass is 16.7. The van der Waals surface area contributed by atoms with E-state index in [0.717, 1.165) is 6.92 Å². The molecule has 0 aromatic heterocycles. The van der Waals surface area contributed by atoms with Gasteiger partial charge in [0, 0.05) is 13.3 Å². The highest BCUT2D eigenvalue weighted by molar-refractivity contribution is 5.76. The van der Waals surface area contributed by atoms with Gasteiger partial charge in [-0.2, -0.15) is 0 Å². The molecule has 31 heavy (non-hydrogen) atoms. The molecule has 10 atom stereocenters. The highest BCUT2D eigenvalue weighted by Gasteiger charge is 2.58. The lowest BCUT2D eigenvalue weighted by molar-refractivity contribution is -0.347. The van der Waals surface area contributed by atoms with E-state index in [4.69, 9.17) is 19.3 Å². The lowest BCUT2D eigenvalue weighted by atomic mass is 9.88. The van der Waals surface area contributed by atoms with E-state index < -0.39 is 98.8 Å². The lowest BCUT2D eigenvalue weighted by Crippen LogP contribution is -2.69. The van der Waals surface area contributed by atoms with Crippen LogP contribution < -0.4 is 5.32 Å². The van der Waals surface area contributed by atoms with E-state index in [-0.39, 0.29) is 0 Å². The van der Waals surface area contributed by atoms with Gasteiger partial charge in [-0.05, 0) is 0 Å². The standard InChI is InChI=1S/C17H29NO13/c1-6(21)18-11-7(22)2-17(16(27)28,31-15(11)12(25)8(23)3-19)30-14-9(24)5-29-10(4-20)13(14)26/h7-15,19-20,22-26H,2-5H2,1H3,(H,18,21)(H,27,28)/t7?,8-,9?,10?,11?,12?,13?,14?,15?,17?/m1/s1. The first-order valence-electron chi connectivity index (χ1n) is 9.57. The predicted molar refractivity (Wildman–Crippen MR) is 96.3 cm³/mol. The van der Waals surface area contributed by atoms with Crippen LogP contribution >= 0.6 is 0 Å². The van der Waals surface area contributed by atoms with Gasteiger partial charge in [0.2, 0.25) is 5.91 Å². The quantitative estimate of drug-likeness (QED) is 0.166. The van der Waals surface area contributed by atoms with Gasteiger partial charge in [0.15, 0.2) is 0 Å². The molecule has 0 spiro atoms. The Hall–Kier alpha value is -1.46. The minimum Gasteiger partial charge on any atom is -0.477 e. The molecule has 0 aromatic rings. The largest absolute Gasteiger partial charge is 0.477 e. The fourth-order valence-corrected chi connectivity index (χ4v) is 3.63. The lowest BCUT2D eigenvalue weighted by Gasteiger charge is -2.49. The summed E-state index contributed by atoms with van der Waals surface area (Å²) in [6, 6.07) is -1.39. The average Bonchev–Trinajstić information content (AvgIpc) is 2.71. The minimum absolute atomic E-state index is 0.408. The molecule has 2 rings (SSSR count). The van der Waals surface area contributed by atoms with Crippen molar-refractivity contribution in [2.45, 2.75) is 74.0 Å². The number of nitrogens with one attached hydrogen (secondary N) is 1. The fourth-order valence-electron chi connectivity index (χ4n) is 3.63. The minimum atomic E-state index is -2.74. The molecule has 2 fully saturated rings. The van der Waals surface area contributed by atoms with Crippen LogP contribution in [-0.4, -0.2) is 133 Å². The topological polar surface area (TPSA) is 236 Å². The van der Waals surface area contributed by atoms with Crippen LogP contribution in [0.2, 0.25) is 0 Å². The second-order valence-corrected chi connectivity index (χ2v) is 7.57. The Morgan fingerprint density at radius 1 is 1.19 bits per heavy atom. The molecule has 180 valence electrons. The number of rotatable bonds is 8. The Balaban J connectivity index is 2.39.